The Hall–Kier alpha value is -5.51. The molecule has 0 unspecified atom stereocenters. The molecule has 12 nitrogen and oxygen atoms in total. The van der Waals surface area contributed by atoms with Crippen molar-refractivity contribution in [1.29, 1.82) is 5.26 Å². The van der Waals surface area contributed by atoms with Gasteiger partial charge in [-0.15, -0.1) is 0 Å². The van der Waals surface area contributed by atoms with E-state index >= 15 is 0 Å². The van der Waals surface area contributed by atoms with Crippen molar-refractivity contribution in [3.05, 3.63) is 71.9 Å². The summed E-state index contributed by atoms with van der Waals surface area (Å²) in [5, 5.41) is 21.0. The fourth-order valence-corrected chi connectivity index (χ4v) is 5.19. The number of aryl methyl sites for hydroxylation is 1. The standard InChI is InChI=1S/C29H24FN9O3/c1-16-8-26-32-12-19(13-39(26)35-16)18-6-7-23-22(9-18)28(17(2)40)36-38(23)15-27(41)37-14-20(30)10-24(37)29(42)34-25-5-3-4-21(11-31)33-25/h3-9,12-13,20,24H,10,14-15H2,1-2H3,(H,33,34,42)/t20-,24+/m1/s1. The van der Waals surface area contributed by atoms with Crippen LogP contribution in [0.25, 0.3) is 27.7 Å². The van der Waals surface area contributed by atoms with Crippen LogP contribution in [-0.4, -0.2) is 70.6 Å². The molecule has 2 amide bonds. The van der Waals surface area contributed by atoms with Gasteiger partial charge in [-0.1, -0.05) is 12.1 Å². The van der Waals surface area contributed by atoms with Crippen LogP contribution in [0.3, 0.4) is 0 Å². The number of fused-ring (bicyclic) bond motifs is 2. The van der Waals surface area contributed by atoms with Crippen LogP contribution in [-0.2, 0) is 16.1 Å². The second-order valence-electron chi connectivity index (χ2n) is 10.1. The second-order valence-corrected chi connectivity index (χ2v) is 10.1. The van der Waals surface area contributed by atoms with Crippen molar-refractivity contribution in [2.24, 2.45) is 0 Å². The molecule has 1 saturated heterocycles. The van der Waals surface area contributed by atoms with E-state index in [1.165, 1.54) is 28.6 Å². The summed E-state index contributed by atoms with van der Waals surface area (Å²) >= 11 is 0. The number of carbonyl (C=O) groups is 3. The van der Waals surface area contributed by atoms with Gasteiger partial charge in [-0.25, -0.2) is 18.9 Å². The minimum atomic E-state index is -1.39. The molecule has 1 aromatic carbocycles. The van der Waals surface area contributed by atoms with Gasteiger partial charge in [-0.05, 0) is 36.8 Å². The van der Waals surface area contributed by atoms with Gasteiger partial charge in [0.2, 0.25) is 11.8 Å². The maximum atomic E-state index is 14.5. The van der Waals surface area contributed by atoms with Crippen LogP contribution in [0.15, 0.2) is 54.9 Å². The quantitative estimate of drug-likeness (QED) is 0.309. The average molecular weight is 566 g/mol. The maximum Gasteiger partial charge on any atom is 0.248 e. The molecule has 13 heteroatoms. The molecule has 42 heavy (non-hydrogen) atoms. The summed E-state index contributed by atoms with van der Waals surface area (Å²) in [5.41, 5.74) is 3.94. The fraction of sp³-hybridized carbons (Fsp3) is 0.241. The minimum Gasteiger partial charge on any atom is -0.326 e. The SMILES string of the molecule is CC(=O)c1nn(CC(=O)N2C[C@H](F)C[C@H]2C(=O)Nc2cccc(C#N)n2)c2ccc(-c3cnc4cc(C)nn4c3)cc12. The predicted octanol–water partition coefficient (Wildman–Crippen LogP) is 3.10. The molecular formula is C29H24FN9O3. The van der Waals surface area contributed by atoms with Gasteiger partial charge < -0.3 is 10.2 Å². The summed E-state index contributed by atoms with van der Waals surface area (Å²) in [6, 6.07) is 12.6. The number of nitrogens with zero attached hydrogens (tertiary/aromatic N) is 8. The molecule has 1 N–H and O–H groups in total. The number of amides is 2. The number of aromatic nitrogens is 6. The van der Waals surface area contributed by atoms with Crippen LogP contribution in [0.2, 0.25) is 0 Å². The number of nitriles is 1. The number of Topliss-reactive ketones (excluding diaryl/α,β-unsaturated/α-hetero) is 1. The number of ketones is 1. The van der Waals surface area contributed by atoms with Gasteiger partial charge in [0.25, 0.3) is 0 Å². The zero-order valence-electron chi connectivity index (χ0n) is 22.7. The molecular weight excluding hydrogens is 541 g/mol. The van der Waals surface area contributed by atoms with Crippen molar-refractivity contribution in [1.82, 2.24) is 34.3 Å². The Morgan fingerprint density at radius 3 is 2.76 bits per heavy atom. The van der Waals surface area contributed by atoms with Crippen molar-refractivity contribution >= 4 is 40.0 Å². The summed E-state index contributed by atoms with van der Waals surface area (Å²) in [7, 11) is 0. The van der Waals surface area contributed by atoms with Gasteiger partial charge in [0, 0.05) is 42.8 Å². The van der Waals surface area contributed by atoms with Crippen LogP contribution < -0.4 is 5.32 Å². The number of anilines is 1. The smallest absolute Gasteiger partial charge is 0.248 e. The number of halogens is 1. The Kier molecular flexibility index (Phi) is 6.66. The molecule has 0 bridgehead atoms. The molecule has 1 aliphatic heterocycles. The number of hydrogen-bond acceptors (Lipinski definition) is 8. The summed E-state index contributed by atoms with van der Waals surface area (Å²) in [4.78, 5) is 48.6. The van der Waals surface area contributed by atoms with Crippen molar-refractivity contribution in [3.63, 3.8) is 0 Å². The molecule has 4 aromatic heterocycles. The number of hydrogen-bond donors (Lipinski definition) is 1. The lowest BCUT2D eigenvalue weighted by Gasteiger charge is -2.23. The lowest BCUT2D eigenvalue weighted by atomic mass is 10.0. The first-order chi connectivity index (χ1) is 20.2. The zero-order chi connectivity index (χ0) is 29.5. The third-order valence-electron chi connectivity index (χ3n) is 7.13. The highest BCUT2D eigenvalue weighted by atomic mass is 19.1. The monoisotopic (exact) mass is 565 g/mol. The van der Waals surface area contributed by atoms with Crippen molar-refractivity contribution < 1.29 is 18.8 Å². The van der Waals surface area contributed by atoms with Crippen LogP contribution in [0.5, 0.6) is 0 Å². The number of carbonyl (C=O) groups excluding carboxylic acids is 3. The molecule has 5 heterocycles. The number of pyridine rings is 1. The molecule has 5 aromatic rings. The van der Waals surface area contributed by atoms with E-state index in [0.717, 1.165) is 16.8 Å². The highest BCUT2D eigenvalue weighted by molar-refractivity contribution is 6.06. The Balaban J connectivity index is 1.27. The molecule has 0 aliphatic carbocycles. The van der Waals surface area contributed by atoms with Gasteiger partial charge >= 0.3 is 0 Å². The van der Waals surface area contributed by atoms with Crippen LogP contribution in [0.1, 0.15) is 35.2 Å². The number of nitrogens with one attached hydrogen (secondary N) is 1. The maximum absolute atomic E-state index is 14.5. The first kappa shape index (κ1) is 26.7. The van der Waals surface area contributed by atoms with E-state index in [9.17, 15) is 18.8 Å². The van der Waals surface area contributed by atoms with Gasteiger partial charge in [0.15, 0.2) is 11.4 Å². The molecule has 0 spiro atoms. The van der Waals surface area contributed by atoms with E-state index in [0.29, 0.717) is 16.6 Å². The Morgan fingerprint density at radius 1 is 1.14 bits per heavy atom. The minimum absolute atomic E-state index is 0.110. The van der Waals surface area contributed by atoms with Crippen LogP contribution in [0, 0.1) is 18.3 Å². The van der Waals surface area contributed by atoms with E-state index in [-0.39, 0.29) is 42.5 Å². The molecule has 0 radical (unpaired) electrons. The molecule has 6 rings (SSSR count). The Morgan fingerprint density at radius 2 is 1.98 bits per heavy atom. The predicted molar refractivity (Wildman–Crippen MR) is 149 cm³/mol. The van der Waals surface area contributed by atoms with Gasteiger partial charge in [0.05, 0.1) is 17.8 Å². The summed E-state index contributed by atoms with van der Waals surface area (Å²) < 4.78 is 17.6. The Bertz CT molecular complexity index is 1940. The number of alkyl halides is 1. The van der Waals surface area contributed by atoms with Gasteiger partial charge in [0.1, 0.15) is 42.0 Å². The van der Waals surface area contributed by atoms with Gasteiger partial charge in [-0.3, -0.25) is 19.1 Å². The summed E-state index contributed by atoms with van der Waals surface area (Å²) in [6.07, 6.45) is 2.00. The number of rotatable bonds is 6. The third-order valence-corrected chi connectivity index (χ3v) is 7.13. The first-order valence-electron chi connectivity index (χ1n) is 13.2. The normalized spacial score (nSPS) is 16.6. The van der Waals surface area contributed by atoms with E-state index < -0.39 is 24.0 Å². The average Bonchev–Trinajstić information content (AvgIpc) is 3.66. The topological polar surface area (TPSA) is 151 Å². The molecule has 1 aliphatic rings. The van der Waals surface area contributed by atoms with Crippen molar-refractivity contribution in [3.8, 4) is 17.2 Å². The van der Waals surface area contributed by atoms with E-state index in [1.807, 2.05) is 37.4 Å². The van der Waals surface area contributed by atoms with Crippen LogP contribution in [0.4, 0.5) is 10.2 Å². The third kappa shape index (κ3) is 4.94. The molecule has 0 saturated carbocycles. The van der Waals surface area contributed by atoms with Crippen molar-refractivity contribution in [2.45, 2.75) is 39.0 Å². The molecule has 2 atom stereocenters. The lowest BCUT2D eigenvalue weighted by molar-refractivity contribution is -0.137. The van der Waals surface area contributed by atoms with Crippen LogP contribution >= 0.6 is 0 Å². The Labute approximate surface area is 238 Å². The first-order valence-corrected chi connectivity index (χ1v) is 13.2. The highest BCUT2D eigenvalue weighted by Crippen LogP contribution is 2.28. The molecule has 1 fully saturated rings. The zero-order valence-corrected chi connectivity index (χ0v) is 22.7. The highest BCUT2D eigenvalue weighted by Gasteiger charge is 2.40. The largest absolute Gasteiger partial charge is 0.326 e. The van der Waals surface area contributed by atoms with E-state index in [1.54, 1.807) is 22.8 Å². The lowest BCUT2D eigenvalue weighted by Crippen LogP contribution is -2.44. The number of likely N-dealkylation sites (tertiary alicyclic amines) is 1. The molecule has 210 valence electrons. The summed E-state index contributed by atoms with van der Waals surface area (Å²) in [6.45, 7) is 2.71. The second kappa shape index (κ2) is 10.5. The van der Waals surface area contributed by atoms with Crippen molar-refractivity contribution in [2.75, 3.05) is 11.9 Å². The summed E-state index contributed by atoms with van der Waals surface area (Å²) in [5.74, 6) is -1.29. The van der Waals surface area contributed by atoms with E-state index in [2.05, 4.69) is 25.5 Å². The fourth-order valence-electron chi connectivity index (χ4n) is 5.19. The van der Waals surface area contributed by atoms with E-state index in [4.69, 9.17) is 5.26 Å². The number of benzene rings is 1. The van der Waals surface area contributed by atoms with Gasteiger partial charge in [-0.2, -0.15) is 15.5 Å².